The second-order valence-electron chi connectivity index (χ2n) is 12.4. The SMILES string of the molecule is O=C(c1ccccc1)c1ccc2c(c1)c1ccccc1n2-c1cccc2c1C(=O)N(c1c(-c3ccccc3)cccc1-c1ccccc1)C2=O. The zero-order chi connectivity index (χ0) is 33.8. The van der Waals surface area contributed by atoms with Crippen molar-refractivity contribution in [2.45, 2.75) is 0 Å². The highest BCUT2D eigenvalue weighted by molar-refractivity contribution is 6.37. The van der Waals surface area contributed by atoms with Crippen LogP contribution >= 0.6 is 0 Å². The van der Waals surface area contributed by atoms with Gasteiger partial charge >= 0.3 is 0 Å². The molecule has 50 heavy (non-hydrogen) atoms. The molecular formula is C45H28N2O3. The lowest BCUT2D eigenvalue weighted by Crippen LogP contribution is -2.30. The minimum Gasteiger partial charge on any atom is -0.308 e. The van der Waals surface area contributed by atoms with Crippen LogP contribution in [0.4, 0.5) is 5.69 Å². The van der Waals surface area contributed by atoms with Gasteiger partial charge in [0.15, 0.2) is 5.78 Å². The number of anilines is 1. The molecule has 8 aromatic rings. The first-order valence-corrected chi connectivity index (χ1v) is 16.5. The van der Waals surface area contributed by atoms with Crippen LogP contribution in [0.5, 0.6) is 0 Å². The van der Waals surface area contributed by atoms with Crippen LogP contribution in [0.25, 0.3) is 49.7 Å². The third kappa shape index (κ3) is 4.52. The topological polar surface area (TPSA) is 59.4 Å². The van der Waals surface area contributed by atoms with Crippen LogP contribution in [0, 0.1) is 0 Å². The molecule has 0 aliphatic carbocycles. The maximum Gasteiger partial charge on any atom is 0.268 e. The van der Waals surface area contributed by atoms with Crippen molar-refractivity contribution in [3.05, 3.63) is 192 Å². The summed E-state index contributed by atoms with van der Waals surface area (Å²) in [6.07, 6.45) is 0. The highest BCUT2D eigenvalue weighted by Gasteiger charge is 2.41. The molecule has 0 saturated heterocycles. The lowest BCUT2D eigenvalue weighted by molar-refractivity contribution is 0.0925. The van der Waals surface area contributed by atoms with E-state index in [0.717, 1.165) is 44.1 Å². The van der Waals surface area contributed by atoms with Gasteiger partial charge in [0.05, 0.1) is 33.5 Å². The van der Waals surface area contributed by atoms with E-state index in [1.165, 1.54) is 4.90 Å². The maximum absolute atomic E-state index is 14.9. The Labute approximate surface area is 288 Å². The largest absolute Gasteiger partial charge is 0.308 e. The van der Waals surface area contributed by atoms with Crippen LogP contribution in [-0.4, -0.2) is 22.2 Å². The van der Waals surface area contributed by atoms with E-state index >= 15 is 0 Å². The van der Waals surface area contributed by atoms with Crippen LogP contribution in [0.3, 0.4) is 0 Å². The molecule has 0 spiro atoms. The van der Waals surface area contributed by atoms with Gasteiger partial charge < -0.3 is 4.57 Å². The number of benzene rings is 7. The first kappa shape index (κ1) is 29.3. The van der Waals surface area contributed by atoms with Crippen molar-refractivity contribution in [1.82, 2.24) is 4.57 Å². The fourth-order valence-corrected chi connectivity index (χ4v) is 7.27. The predicted octanol–water partition coefficient (Wildman–Crippen LogP) is 10.1. The van der Waals surface area contributed by atoms with Crippen LogP contribution in [-0.2, 0) is 0 Å². The first-order valence-electron chi connectivity index (χ1n) is 16.5. The lowest BCUT2D eigenvalue weighted by Gasteiger charge is -2.23. The monoisotopic (exact) mass is 644 g/mol. The van der Waals surface area contributed by atoms with E-state index in [1.807, 2.05) is 168 Å². The molecule has 2 heterocycles. The molecule has 9 rings (SSSR count). The summed E-state index contributed by atoms with van der Waals surface area (Å²) in [6, 6.07) is 53.9. The number of carbonyl (C=O) groups is 3. The molecule has 1 aliphatic rings. The first-order chi connectivity index (χ1) is 24.6. The average molecular weight is 645 g/mol. The summed E-state index contributed by atoms with van der Waals surface area (Å²) in [5.41, 5.74) is 8.11. The van der Waals surface area contributed by atoms with Crippen molar-refractivity contribution in [1.29, 1.82) is 0 Å². The van der Waals surface area contributed by atoms with Gasteiger partial charge in [-0.25, -0.2) is 4.90 Å². The molecular weight excluding hydrogens is 617 g/mol. The fraction of sp³-hybridized carbons (Fsp3) is 0. The molecule has 7 aromatic carbocycles. The zero-order valence-electron chi connectivity index (χ0n) is 26.8. The second-order valence-corrected chi connectivity index (χ2v) is 12.4. The van der Waals surface area contributed by atoms with Crippen molar-refractivity contribution >= 4 is 45.1 Å². The smallest absolute Gasteiger partial charge is 0.268 e. The van der Waals surface area contributed by atoms with Gasteiger partial charge in [0.1, 0.15) is 0 Å². The Bertz CT molecular complexity index is 2580. The Hall–Kier alpha value is -6.85. The molecule has 5 heteroatoms. The summed E-state index contributed by atoms with van der Waals surface area (Å²) < 4.78 is 2.04. The van der Waals surface area contributed by atoms with Crippen molar-refractivity contribution in [3.8, 4) is 27.9 Å². The van der Waals surface area contributed by atoms with Gasteiger partial charge in [-0.2, -0.15) is 0 Å². The highest BCUT2D eigenvalue weighted by atomic mass is 16.2. The average Bonchev–Trinajstić information content (AvgIpc) is 3.65. The molecule has 0 bridgehead atoms. The zero-order valence-corrected chi connectivity index (χ0v) is 26.8. The van der Waals surface area contributed by atoms with Gasteiger partial charge in [0.2, 0.25) is 0 Å². The van der Waals surface area contributed by atoms with E-state index in [0.29, 0.717) is 33.6 Å². The van der Waals surface area contributed by atoms with Crippen LogP contribution < -0.4 is 4.90 Å². The van der Waals surface area contributed by atoms with E-state index in [1.54, 1.807) is 6.07 Å². The molecule has 0 unspecified atom stereocenters. The van der Waals surface area contributed by atoms with Crippen molar-refractivity contribution in [2.24, 2.45) is 0 Å². The quantitative estimate of drug-likeness (QED) is 0.134. The van der Waals surface area contributed by atoms with Gasteiger partial charge in [0, 0.05) is 33.0 Å². The summed E-state index contributed by atoms with van der Waals surface area (Å²) in [5, 5.41) is 1.83. The minimum atomic E-state index is -0.386. The Kier molecular flexibility index (Phi) is 6.85. The van der Waals surface area contributed by atoms with E-state index in [2.05, 4.69) is 0 Å². The molecule has 0 radical (unpaired) electrons. The Morgan fingerprint density at radius 2 is 1.00 bits per heavy atom. The second kappa shape index (κ2) is 11.7. The molecule has 2 amide bonds. The summed E-state index contributed by atoms with van der Waals surface area (Å²) in [7, 11) is 0. The van der Waals surface area contributed by atoms with Crippen LogP contribution in [0.1, 0.15) is 36.6 Å². The number of carbonyl (C=O) groups excluding carboxylic acids is 3. The summed E-state index contributed by atoms with van der Waals surface area (Å²) >= 11 is 0. The molecule has 0 fully saturated rings. The maximum atomic E-state index is 14.9. The van der Waals surface area contributed by atoms with Crippen LogP contribution in [0.2, 0.25) is 0 Å². The van der Waals surface area contributed by atoms with E-state index < -0.39 is 0 Å². The number of fused-ring (bicyclic) bond motifs is 4. The summed E-state index contributed by atoms with van der Waals surface area (Å²) in [4.78, 5) is 44.3. The minimum absolute atomic E-state index is 0.0624. The van der Waals surface area contributed by atoms with Gasteiger partial charge in [-0.15, -0.1) is 0 Å². The number of amides is 2. The molecule has 0 saturated carbocycles. The normalized spacial score (nSPS) is 12.5. The third-order valence-corrected chi connectivity index (χ3v) is 9.53. The number of imide groups is 1. The number of nitrogens with zero attached hydrogens (tertiary/aromatic N) is 2. The molecule has 0 N–H and O–H groups in total. The molecule has 236 valence electrons. The van der Waals surface area contributed by atoms with Crippen molar-refractivity contribution in [2.75, 3.05) is 4.90 Å². The van der Waals surface area contributed by atoms with Gasteiger partial charge in [-0.1, -0.05) is 133 Å². The lowest BCUT2D eigenvalue weighted by atomic mass is 9.95. The Balaban J connectivity index is 1.25. The van der Waals surface area contributed by atoms with E-state index in [9.17, 15) is 14.4 Å². The summed E-state index contributed by atoms with van der Waals surface area (Å²) in [5.74, 6) is -0.820. The number of rotatable bonds is 6. The fourth-order valence-electron chi connectivity index (χ4n) is 7.27. The van der Waals surface area contributed by atoms with Gasteiger partial charge in [0.25, 0.3) is 11.8 Å². The van der Waals surface area contributed by atoms with Crippen molar-refractivity contribution in [3.63, 3.8) is 0 Å². The van der Waals surface area contributed by atoms with Gasteiger partial charge in [-0.05, 0) is 47.5 Å². The molecule has 5 nitrogen and oxygen atoms in total. The molecule has 1 aliphatic heterocycles. The third-order valence-electron chi connectivity index (χ3n) is 9.53. The van der Waals surface area contributed by atoms with E-state index in [4.69, 9.17) is 0 Å². The predicted molar refractivity (Wildman–Crippen MR) is 199 cm³/mol. The highest BCUT2D eigenvalue weighted by Crippen LogP contribution is 2.44. The Morgan fingerprint density at radius 1 is 0.440 bits per heavy atom. The number of ketones is 1. The molecule has 1 aromatic heterocycles. The van der Waals surface area contributed by atoms with Crippen LogP contribution in [0.15, 0.2) is 170 Å². The van der Waals surface area contributed by atoms with E-state index in [-0.39, 0.29) is 17.6 Å². The van der Waals surface area contributed by atoms with Crippen molar-refractivity contribution < 1.29 is 14.4 Å². The number of hydrogen-bond donors (Lipinski definition) is 0. The molecule has 0 atom stereocenters. The number of para-hydroxylation sites is 2. The summed E-state index contributed by atoms with van der Waals surface area (Å²) in [6.45, 7) is 0. The Morgan fingerprint density at radius 3 is 1.68 bits per heavy atom. The number of aromatic nitrogens is 1. The number of hydrogen-bond acceptors (Lipinski definition) is 3. The van der Waals surface area contributed by atoms with Gasteiger partial charge in [-0.3, -0.25) is 14.4 Å². The standard InChI is InChI=1S/C45H28N2O3/c48-43(31-18-8-3-9-19-31)32-26-27-39-37(28-32)35-20-10-11-24-38(35)46(39)40-25-13-23-36-41(40)45(50)47(44(36)49)42-33(29-14-4-1-5-15-29)21-12-22-34(42)30-16-6-2-7-17-30/h1-28H.